The first kappa shape index (κ1) is 7.67. The highest BCUT2D eigenvalue weighted by molar-refractivity contribution is 7.84. The van der Waals surface area contributed by atoms with E-state index in [1.54, 1.807) is 0 Å². The summed E-state index contributed by atoms with van der Waals surface area (Å²) in [5.74, 6) is 0. The van der Waals surface area contributed by atoms with Gasteiger partial charge in [0, 0.05) is 4.91 Å². The van der Waals surface area contributed by atoms with Gasteiger partial charge in [-0.15, -0.1) is 12.6 Å². The zero-order chi connectivity index (χ0) is 7.56. The van der Waals surface area contributed by atoms with Gasteiger partial charge in [-0.1, -0.05) is 24.3 Å². The summed E-state index contributed by atoms with van der Waals surface area (Å²) in [5, 5.41) is 0. The summed E-state index contributed by atoms with van der Waals surface area (Å²) in [6.07, 6.45) is 6.50. The molecule has 0 bridgehead atoms. The Morgan fingerprint density at radius 2 is 2.20 bits per heavy atom. The summed E-state index contributed by atoms with van der Waals surface area (Å²) in [5.41, 5.74) is 2.72. The standard InChI is InChI=1S/C9H12S/c1-7-3-5-9(6-4-7)8(2)10/h3,5,10H,2,4,6H2,1H3. The number of rotatable bonds is 1. The van der Waals surface area contributed by atoms with Crippen molar-refractivity contribution in [3.63, 3.8) is 0 Å². The van der Waals surface area contributed by atoms with Crippen LogP contribution >= 0.6 is 12.6 Å². The molecule has 0 spiro atoms. The maximum absolute atomic E-state index is 4.18. The van der Waals surface area contributed by atoms with Gasteiger partial charge < -0.3 is 0 Å². The molecule has 0 nitrogen and oxygen atoms in total. The molecule has 0 unspecified atom stereocenters. The van der Waals surface area contributed by atoms with Crippen LogP contribution in [-0.2, 0) is 0 Å². The van der Waals surface area contributed by atoms with Gasteiger partial charge in [-0.3, -0.25) is 0 Å². The van der Waals surface area contributed by atoms with Gasteiger partial charge in [0.05, 0.1) is 0 Å². The van der Waals surface area contributed by atoms with Gasteiger partial charge in [0.15, 0.2) is 0 Å². The molecular formula is C9H12S. The topological polar surface area (TPSA) is 0 Å². The molecule has 0 heterocycles. The highest BCUT2D eigenvalue weighted by Gasteiger charge is 2.02. The van der Waals surface area contributed by atoms with Crippen LogP contribution in [0.5, 0.6) is 0 Å². The van der Waals surface area contributed by atoms with E-state index in [2.05, 4.69) is 38.3 Å². The lowest BCUT2D eigenvalue weighted by atomic mass is 10.00. The average molecular weight is 152 g/mol. The summed E-state index contributed by atoms with van der Waals surface area (Å²) in [4.78, 5) is 0.906. The summed E-state index contributed by atoms with van der Waals surface area (Å²) in [6.45, 7) is 5.92. The van der Waals surface area contributed by atoms with E-state index in [0.717, 1.165) is 17.7 Å². The third kappa shape index (κ3) is 1.77. The molecule has 0 radical (unpaired) electrons. The van der Waals surface area contributed by atoms with Crippen LogP contribution in [0.25, 0.3) is 0 Å². The Morgan fingerprint density at radius 3 is 2.60 bits per heavy atom. The smallest absolute Gasteiger partial charge is 0.0000179 e. The van der Waals surface area contributed by atoms with Gasteiger partial charge in [-0.05, 0) is 25.3 Å². The molecule has 1 heteroatoms. The van der Waals surface area contributed by atoms with E-state index < -0.39 is 0 Å². The lowest BCUT2D eigenvalue weighted by Crippen LogP contribution is -1.89. The Kier molecular flexibility index (Phi) is 2.39. The first-order chi connectivity index (χ1) is 4.70. The quantitative estimate of drug-likeness (QED) is 0.548. The highest BCUT2D eigenvalue weighted by Crippen LogP contribution is 2.24. The van der Waals surface area contributed by atoms with Crippen LogP contribution in [0.1, 0.15) is 19.8 Å². The summed E-state index contributed by atoms with van der Waals surface area (Å²) in [7, 11) is 0. The van der Waals surface area contributed by atoms with Gasteiger partial charge in [0.25, 0.3) is 0 Å². The number of allylic oxidation sites excluding steroid dienone is 4. The molecule has 0 aromatic rings. The van der Waals surface area contributed by atoms with Gasteiger partial charge >= 0.3 is 0 Å². The van der Waals surface area contributed by atoms with Crippen LogP contribution in [0, 0.1) is 0 Å². The van der Waals surface area contributed by atoms with Crippen LogP contribution in [-0.4, -0.2) is 0 Å². The molecule has 0 saturated heterocycles. The third-order valence-corrected chi connectivity index (χ3v) is 2.02. The Morgan fingerprint density at radius 1 is 1.50 bits per heavy atom. The lowest BCUT2D eigenvalue weighted by Gasteiger charge is -2.10. The zero-order valence-corrected chi connectivity index (χ0v) is 7.12. The second-order valence-electron chi connectivity index (χ2n) is 2.65. The summed E-state index contributed by atoms with van der Waals surface area (Å²) < 4.78 is 0. The van der Waals surface area contributed by atoms with Crippen LogP contribution in [0.2, 0.25) is 0 Å². The minimum absolute atomic E-state index is 0.906. The van der Waals surface area contributed by atoms with Crippen molar-refractivity contribution in [1.82, 2.24) is 0 Å². The summed E-state index contributed by atoms with van der Waals surface area (Å²) in [6, 6.07) is 0. The molecular weight excluding hydrogens is 140 g/mol. The van der Waals surface area contributed by atoms with E-state index in [4.69, 9.17) is 0 Å². The second kappa shape index (κ2) is 3.11. The van der Waals surface area contributed by atoms with Crippen molar-refractivity contribution in [3.05, 3.63) is 34.8 Å². The van der Waals surface area contributed by atoms with Crippen molar-refractivity contribution in [3.8, 4) is 0 Å². The van der Waals surface area contributed by atoms with E-state index in [1.807, 2.05) is 0 Å². The molecule has 1 aliphatic rings. The predicted octanol–water partition coefficient (Wildman–Crippen LogP) is 3.10. The fourth-order valence-electron chi connectivity index (χ4n) is 0.982. The highest BCUT2D eigenvalue weighted by atomic mass is 32.1. The molecule has 0 N–H and O–H groups in total. The van der Waals surface area contributed by atoms with E-state index in [1.165, 1.54) is 11.1 Å². The van der Waals surface area contributed by atoms with E-state index >= 15 is 0 Å². The molecule has 0 saturated carbocycles. The number of thiol groups is 1. The largest absolute Gasteiger partial charge is 0.144 e. The zero-order valence-electron chi connectivity index (χ0n) is 6.22. The lowest BCUT2D eigenvalue weighted by molar-refractivity contribution is 0.925. The Labute approximate surface area is 67.7 Å². The van der Waals surface area contributed by atoms with Gasteiger partial charge in [0.2, 0.25) is 0 Å². The van der Waals surface area contributed by atoms with Crippen LogP contribution in [0.15, 0.2) is 34.8 Å². The fourth-order valence-corrected chi connectivity index (χ4v) is 1.17. The molecule has 1 aliphatic carbocycles. The minimum Gasteiger partial charge on any atom is -0.144 e. The van der Waals surface area contributed by atoms with Crippen molar-refractivity contribution in [2.45, 2.75) is 19.8 Å². The van der Waals surface area contributed by atoms with Crippen molar-refractivity contribution < 1.29 is 0 Å². The van der Waals surface area contributed by atoms with Gasteiger partial charge in [-0.2, -0.15) is 0 Å². The molecule has 1 rings (SSSR count). The summed E-state index contributed by atoms with van der Waals surface area (Å²) >= 11 is 4.18. The molecule has 0 aromatic carbocycles. The van der Waals surface area contributed by atoms with Crippen molar-refractivity contribution >= 4 is 12.6 Å². The Balaban J connectivity index is 2.74. The molecule has 10 heavy (non-hydrogen) atoms. The molecule has 0 aromatic heterocycles. The second-order valence-corrected chi connectivity index (χ2v) is 3.19. The SMILES string of the molecule is C=C(S)C1=CC=C(C)CC1. The third-order valence-electron chi connectivity index (χ3n) is 1.73. The van der Waals surface area contributed by atoms with Crippen LogP contribution in [0.3, 0.4) is 0 Å². The van der Waals surface area contributed by atoms with E-state index in [0.29, 0.717) is 0 Å². The Bertz CT molecular complexity index is 209. The molecule has 0 fully saturated rings. The predicted molar refractivity (Wildman–Crippen MR) is 49.2 cm³/mol. The maximum Gasteiger partial charge on any atom is 0.0000179 e. The maximum atomic E-state index is 4.18. The molecule has 0 aliphatic heterocycles. The average Bonchev–Trinajstić information content (AvgIpc) is 1.88. The Hall–Kier alpha value is -0.430. The normalized spacial score (nSPS) is 17.8. The number of hydrogen-bond donors (Lipinski definition) is 1. The van der Waals surface area contributed by atoms with Crippen molar-refractivity contribution in [1.29, 1.82) is 0 Å². The first-order valence-corrected chi connectivity index (χ1v) is 3.89. The van der Waals surface area contributed by atoms with Crippen LogP contribution < -0.4 is 0 Å². The van der Waals surface area contributed by atoms with Crippen molar-refractivity contribution in [2.24, 2.45) is 0 Å². The van der Waals surface area contributed by atoms with E-state index in [-0.39, 0.29) is 0 Å². The van der Waals surface area contributed by atoms with Gasteiger partial charge in [-0.25, -0.2) is 0 Å². The fraction of sp³-hybridized carbons (Fsp3) is 0.333. The van der Waals surface area contributed by atoms with Crippen molar-refractivity contribution in [2.75, 3.05) is 0 Å². The molecule has 0 amide bonds. The van der Waals surface area contributed by atoms with Crippen LogP contribution in [0.4, 0.5) is 0 Å². The minimum atomic E-state index is 0.906. The monoisotopic (exact) mass is 152 g/mol. The molecule has 54 valence electrons. The molecule has 0 atom stereocenters. The number of hydrogen-bond acceptors (Lipinski definition) is 1. The first-order valence-electron chi connectivity index (χ1n) is 3.44. The van der Waals surface area contributed by atoms with Gasteiger partial charge in [0.1, 0.15) is 0 Å². The van der Waals surface area contributed by atoms with E-state index in [9.17, 15) is 0 Å².